The Morgan fingerprint density at radius 2 is 0.917 bits per heavy atom. The van der Waals surface area contributed by atoms with Crippen molar-refractivity contribution in [3.8, 4) is 0 Å². The van der Waals surface area contributed by atoms with Gasteiger partial charge in [-0.25, -0.2) is 19.2 Å². The Bertz CT molecular complexity index is 1400. The first-order valence-corrected chi connectivity index (χ1v) is 17.6. The topological polar surface area (TPSA) is 343 Å². The molecule has 1 saturated carbocycles. The summed E-state index contributed by atoms with van der Waals surface area (Å²) in [5.41, 5.74) is 0.306. The predicted octanol–water partition coefficient (Wildman–Crippen LogP) is 6.18. The van der Waals surface area contributed by atoms with Crippen molar-refractivity contribution in [3.05, 3.63) is 73.3 Å². The molecule has 0 saturated heterocycles. The Kier molecular flexibility index (Phi) is 45.5. The van der Waals surface area contributed by atoms with E-state index in [9.17, 15) is 38.4 Å². The average molecular weight is 863 g/mol. The van der Waals surface area contributed by atoms with Gasteiger partial charge in [-0.15, -0.1) is 6.58 Å². The molecule has 0 amide bonds. The van der Waals surface area contributed by atoms with E-state index in [0.29, 0.717) is 36.5 Å². The number of esters is 1. The van der Waals surface area contributed by atoms with Crippen molar-refractivity contribution in [2.75, 3.05) is 13.2 Å². The zero-order valence-electron chi connectivity index (χ0n) is 35.0. The number of carboxylic acids is 8. The number of aliphatic carboxylic acids is 8. The number of rotatable bonds is 19. The highest BCUT2D eigenvalue weighted by molar-refractivity contribution is 6.11. The summed E-state index contributed by atoms with van der Waals surface area (Å²) < 4.78 is 14.9. The Labute approximate surface area is 349 Å². The van der Waals surface area contributed by atoms with E-state index < -0.39 is 59.7 Å². The molecule has 8 N–H and O–H groups in total. The first-order valence-electron chi connectivity index (χ1n) is 17.6. The zero-order chi connectivity index (χ0) is 48.6. The Balaban J connectivity index is -0.000000144. The summed E-state index contributed by atoms with van der Waals surface area (Å²) in [4.78, 5) is 88.8. The van der Waals surface area contributed by atoms with Gasteiger partial charge in [-0.3, -0.25) is 24.0 Å². The van der Waals surface area contributed by atoms with Crippen molar-refractivity contribution in [2.45, 2.75) is 111 Å². The minimum absolute atomic E-state index is 0.0346. The van der Waals surface area contributed by atoms with Crippen molar-refractivity contribution in [2.24, 2.45) is 0 Å². The molecule has 0 radical (unpaired) electrons. The lowest BCUT2D eigenvalue weighted by Crippen LogP contribution is -2.20. The molecule has 0 aromatic heterocycles. The highest BCUT2D eigenvalue weighted by atomic mass is 16.5. The molecule has 0 aromatic carbocycles. The molecule has 20 nitrogen and oxygen atoms in total. The molecule has 0 unspecified atom stereocenters. The lowest BCUT2D eigenvalue weighted by atomic mass is 9.98. The highest BCUT2D eigenvalue weighted by Gasteiger charge is 2.17. The van der Waals surface area contributed by atoms with Gasteiger partial charge in [0.05, 0.1) is 37.6 Å². The third-order valence-corrected chi connectivity index (χ3v) is 5.67. The highest BCUT2D eigenvalue weighted by Crippen LogP contribution is 2.20. The summed E-state index contributed by atoms with van der Waals surface area (Å²) >= 11 is 0. The SMILES string of the molecule is C=C(C(=O)O)C(=O)O.C=C(C)C(=O)OC1CCCCC1.C=C(C)CCC(=O)O.C=C(C)OCCC(=O)O.C=C(C)OCCCC(=O)O.C=C(CC(=O)O)C(=O)O.CC(=O)O. The maximum absolute atomic E-state index is 11.1. The van der Waals surface area contributed by atoms with Crippen LogP contribution in [0, 0.1) is 0 Å². The lowest BCUT2D eigenvalue weighted by molar-refractivity contribution is -0.146. The van der Waals surface area contributed by atoms with Crippen LogP contribution in [0.2, 0.25) is 0 Å². The smallest absolute Gasteiger partial charge is 0.342 e. The zero-order valence-corrected chi connectivity index (χ0v) is 35.0. The number of carbonyl (C=O) groups excluding carboxylic acids is 1. The van der Waals surface area contributed by atoms with E-state index >= 15 is 0 Å². The second kappa shape index (κ2) is 41.9. The molecule has 0 spiro atoms. The van der Waals surface area contributed by atoms with Gasteiger partial charge >= 0.3 is 47.8 Å². The van der Waals surface area contributed by atoms with Crippen molar-refractivity contribution < 1.29 is 98.2 Å². The Morgan fingerprint density at radius 1 is 0.517 bits per heavy atom. The van der Waals surface area contributed by atoms with Crippen LogP contribution in [0.1, 0.15) is 105 Å². The van der Waals surface area contributed by atoms with Crippen molar-refractivity contribution >= 4 is 53.7 Å². The molecule has 60 heavy (non-hydrogen) atoms. The van der Waals surface area contributed by atoms with Crippen molar-refractivity contribution in [1.29, 1.82) is 0 Å². The molecule has 0 bridgehead atoms. The summed E-state index contributed by atoms with van der Waals surface area (Å²) in [6.45, 7) is 28.5. The van der Waals surface area contributed by atoms with Crippen LogP contribution >= 0.6 is 0 Å². The number of ether oxygens (including phenoxy) is 3. The summed E-state index contributed by atoms with van der Waals surface area (Å²) in [5.74, 6) is -7.73. The first-order chi connectivity index (χ1) is 27.4. The normalized spacial score (nSPS) is 10.4. The molecule has 342 valence electrons. The molecular formula is C40H62O20. The van der Waals surface area contributed by atoms with Gasteiger partial charge in [-0.2, -0.15) is 0 Å². The van der Waals surface area contributed by atoms with Crippen LogP contribution in [0.4, 0.5) is 0 Å². The van der Waals surface area contributed by atoms with Gasteiger partial charge in [0, 0.05) is 30.9 Å². The molecular weight excluding hydrogens is 800 g/mol. The maximum atomic E-state index is 11.1. The van der Waals surface area contributed by atoms with E-state index in [-0.39, 0.29) is 43.5 Å². The molecule has 0 aromatic rings. The van der Waals surface area contributed by atoms with Crippen LogP contribution in [0.15, 0.2) is 73.3 Å². The van der Waals surface area contributed by atoms with E-state index in [2.05, 4.69) is 39.5 Å². The fraction of sp³-hybridized carbons (Fsp3) is 0.475. The Morgan fingerprint density at radius 3 is 1.17 bits per heavy atom. The van der Waals surface area contributed by atoms with Gasteiger partial charge in [0.2, 0.25) is 0 Å². The largest absolute Gasteiger partial charge is 0.499 e. The molecule has 0 atom stereocenters. The molecule has 0 heterocycles. The second-order valence-electron chi connectivity index (χ2n) is 12.1. The van der Waals surface area contributed by atoms with Crippen LogP contribution in [-0.2, 0) is 57.4 Å². The summed E-state index contributed by atoms with van der Waals surface area (Å²) in [6, 6.07) is 0. The number of allylic oxidation sites excluding steroid dienone is 3. The van der Waals surface area contributed by atoms with E-state index in [1.165, 1.54) is 19.3 Å². The fourth-order valence-electron chi connectivity index (χ4n) is 2.89. The maximum Gasteiger partial charge on any atom is 0.342 e. The summed E-state index contributed by atoms with van der Waals surface area (Å²) in [5, 5.41) is 63.7. The number of carboxylic acid groups (broad SMARTS) is 8. The van der Waals surface area contributed by atoms with E-state index in [0.717, 1.165) is 25.3 Å². The summed E-state index contributed by atoms with van der Waals surface area (Å²) in [6.07, 6.45) is 6.90. The van der Waals surface area contributed by atoms with Crippen LogP contribution in [0.5, 0.6) is 0 Å². The van der Waals surface area contributed by atoms with Crippen LogP contribution in [0.25, 0.3) is 0 Å². The minimum Gasteiger partial charge on any atom is -0.499 e. The van der Waals surface area contributed by atoms with Gasteiger partial charge < -0.3 is 55.1 Å². The third kappa shape index (κ3) is 69.2. The Hall–Kier alpha value is -6.73. The molecule has 1 aliphatic rings. The van der Waals surface area contributed by atoms with Crippen LogP contribution < -0.4 is 0 Å². The quantitative estimate of drug-likeness (QED) is 0.0137. The van der Waals surface area contributed by atoms with Gasteiger partial charge in [-0.1, -0.05) is 44.9 Å². The van der Waals surface area contributed by atoms with Crippen molar-refractivity contribution in [3.63, 3.8) is 0 Å². The van der Waals surface area contributed by atoms with Gasteiger partial charge in [0.15, 0.2) is 0 Å². The predicted molar refractivity (Wildman–Crippen MR) is 217 cm³/mol. The van der Waals surface area contributed by atoms with Gasteiger partial charge in [0.25, 0.3) is 5.97 Å². The summed E-state index contributed by atoms with van der Waals surface area (Å²) in [7, 11) is 0. The molecule has 1 aliphatic carbocycles. The molecule has 0 aliphatic heterocycles. The molecule has 1 fully saturated rings. The molecule has 1 rings (SSSR count). The van der Waals surface area contributed by atoms with E-state index in [1.54, 1.807) is 20.8 Å². The minimum atomic E-state index is -1.50. The van der Waals surface area contributed by atoms with Crippen molar-refractivity contribution in [1.82, 2.24) is 0 Å². The first kappa shape index (κ1) is 65.1. The standard InChI is InChI=1S/C10H16O2.C7H12O3.C6H10O3.C6H10O2.C5H6O4.C4H4O4.C2H4O2/c1-8(2)10(11)12-9-6-4-3-5-7-9;1-6(2)10-5-3-4-7(8)9;1-5(2)9-4-3-6(7)8;1-5(2)3-4-6(7)8;1-3(5(8)9)2-4(6)7;1-2(3(5)6)4(7)8;1-2(3)4/h9H,1,3-7H2,2H3;1,3-5H2,2H3,(H,8,9);1,3-4H2,2H3,(H,7,8);1,3-4H2,2H3,(H,7,8);1-2H2,(H,6,7)(H,8,9);1H2,(H,5,6)(H,7,8);1H3,(H,3,4). The lowest BCUT2D eigenvalue weighted by Gasteiger charge is -2.21. The van der Waals surface area contributed by atoms with E-state index in [4.69, 9.17) is 59.9 Å². The number of carbonyl (C=O) groups is 9. The number of hydrogen-bond acceptors (Lipinski definition) is 12. The molecule has 20 heteroatoms. The van der Waals surface area contributed by atoms with Gasteiger partial charge in [-0.05, 0) is 66.2 Å². The monoisotopic (exact) mass is 862 g/mol. The van der Waals surface area contributed by atoms with Crippen LogP contribution in [0.3, 0.4) is 0 Å². The van der Waals surface area contributed by atoms with Crippen LogP contribution in [-0.4, -0.2) is 114 Å². The third-order valence-electron chi connectivity index (χ3n) is 5.67. The average Bonchev–Trinajstić information content (AvgIpc) is 3.09. The van der Waals surface area contributed by atoms with Gasteiger partial charge in [0.1, 0.15) is 11.7 Å². The van der Waals surface area contributed by atoms with E-state index in [1.807, 2.05) is 6.92 Å². The second-order valence-corrected chi connectivity index (χ2v) is 12.1. The number of hydrogen-bond donors (Lipinski definition) is 8. The fourth-order valence-corrected chi connectivity index (χ4v) is 2.89.